The van der Waals surface area contributed by atoms with E-state index in [9.17, 15) is 31.1 Å². The van der Waals surface area contributed by atoms with Gasteiger partial charge in [0, 0.05) is 37.8 Å². The van der Waals surface area contributed by atoms with Gasteiger partial charge in [0.05, 0.1) is 18.2 Å². The van der Waals surface area contributed by atoms with Gasteiger partial charge in [-0.3, -0.25) is 4.79 Å². The van der Waals surface area contributed by atoms with Crippen LogP contribution in [-0.2, 0) is 6.18 Å². The molecular weight excluding hydrogens is 492 g/mol. The summed E-state index contributed by atoms with van der Waals surface area (Å²) in [6, 6.07) is 4.28. The number of amides is 1. The maximum Gasteiger partial charge on any atom is 0.419 e. The summed E-state index contributed by atoms with van der Waals surface area (Å²) in [5.74, 6) is -5.22. The van der Waals surface area contributed by atoms with E-state index >= 15 is 0 Å². The molecule has 1 aliphatic rings. The van der Waals surface area contributed by atoms with E-state index in [1.54, 1.807) is 6.92 Å². The number of benzene rings is 1. The Morgan fingerprint density at radius 2 is 1.83 bits per heavy atom. The number of aryl methyl sites for hydroxylation is 1. The standard InChI is InChI=1S/C23H21F6N5O2/c1-12-7-22(25,26)11-34(17(12)10-32-21-30-8-15(9-31-21)23(27,28)29)20(35)18-19(36-13(2)33-18)14-3-5-16(24)6-4-14/h3-6,8-9,12,17H,7,10-11H2,1-2H3,(H,30,31,32)/t12-,17-/m1/s1. The van der Waals surface area contributed by atoms with Crippen LogP contribution in [-0.4, -0.2) is 50.8 Å². The summed E-state index contributed by atoms with van der Waals surface area (Å²) in [4.78, 5) is 25.8. The van der Waals surface area contributed by atoms with Crippen LogP contribution in [0.5, 0.6) is 0 Å². The molecule has 0 spiro atoms. The van der Waals surface area contributed by atoms with E-state index in [1.807, 2.05) is 0 Å². The third-order valence-corrected chi connectivity index (χ3v) is 5.83. The van der Waals surface area contributed by atoms with Crippen molar-refractivity contribution in [3.63, 3.8) is 0 Å². The largest absolute Gasteiger partial charge is 0.440 e. The number of anilines is 1. The fraction of sp³-hybridized carbons (Fsp3) is 0.391. The summed E-state index contributed by atoms with van der Waals surface area (Å²) >= 11 is 0. The third-order valence-electron chi connectivity index (χ3n) is 5.83. The number of nitrogens with one attached hydrogen (secondary N) is 1. The van der Waals surface area contributed by atoms with Crippen LogP contribution in [0.25, 0.3) is 11.3 Å². The molecule has 0 unspecified atom stereocenters. The Kier molecular flexibility index (Phi) is 6.67. The first-order chi connectivity index (χ1) is 16.8. The minimum atomic E-state index is -4.61. The highest BCUT2D eigenvalue weighted by molar-refractivity contribution is 5.98. The molecule has 7 nitrogen and oxygen atoms in total. The molecule has 1 amide bonds. The van der Waals surface area contributed by atoms with E-state index in [0.29, 0.717) is 18.0 Å². The van der Waals surface area contributed by atoms with Crippen molar-refractivity contribution in [2.45, 2.75) is 38.4 Å². The van der Waals surface area contributed by atoms with Gasteiger partial charge in [0.2, 0.25) is 5.95 Å². The van der Waals surface area contributed by atoms with Crippen LogP contribution in [0.3, 0.4) is 0 Å². The molecule has 2 aromatic heterocycles. The van der Waals surface area contributed by atoms with Crippen molar-refractivity contribution in [2.24, 2.45) is 5.92 Å². The molecule has 0 radical (unpaired) electrons. The fourth-order valence-corrected chi connectivity index (χ4v) is 4.15. The highest BCUT2D eigenvalue weighted by Gasteiger charge is 2.47. The predicted molar refractivity (Wildman–Crippen MR) is 116 cm³/mol. The first kappa shape index (κ1) is 25.5. The van der Waals surface area contributed by atoms with E-state index < -0.39 is 54.3 Å². The SMILES string of the molecule is Cc1nc(C(=O)N2CC(F)(F)C[C@@H](C)[C@H]2CNc2ncc(C(F)(F)F)cn2)c(-c2ccc(F)cc2)o1. The summed E-state index contributed by atoms with van der Waals surface area (Å²) in [7, 11) is 0. The lowest BCUT2D eigenvalue weighted by molar-refractivity contribution is -0.138. The first-order valence-electron chi connectivity index (χ1n) is 10.9. The molecule has 1 aliphatic heterocycles. The second-order valence-corrected chi connectivity index (χ2v) is 8.63. The van der Waals surface area contributed by atoms with Crippen LogP contribution >= 0.6 is 0 Å². The lowest BCUT2D eigenvalue weighted by Gasteiger charge is -2.43. The van der Waals surface area contributed by atoms with Crippen LogP contribution in [0.2, 0.25) is 0 Å². The Balaban J connectivity index is 1.60. The van der Waals surface area contributed by atoms with Gasteiger partial charge >= 0.3 is 6.18 Å². The van der Waals surface area contributed by atoms with E-state index in [-0.39, 0.29) is 29.8 Å². The molecule has 0 aliphatic carbocycles. The number of alkyl halides is 5. The molecular formula is C23H21F6N5O2. The molecule has 13 heteroatoms. The lowest BCUT2D eigenvalue weighted by Crippen LogP contribution is -2.57. The number of nitrogens with zero attached hydrogens (tertiary/aromatic N) is 4. The zero-order valence-corrected chi connectivity index (χ0v) is 19.1. The summed E-state index contributed by atoms with van der Waals surface area (Å²) in [6.07, 6.45) is -3.91. The van der Waals surface area contributed by atoms with Crippen LogP contribution < -0.4 is 5.32 Å². The quantitative estimate of drug-likeness (QED) is 0.473. The van der Waals surface area contributed by atoms with Crippen molar-refractivity contribution in [3.8, 4) is 11.3 Å². The Morgan fingerprint density at radius 3 is 2.44 bits per heavy atom. The van der Waals surface area contributed by atoms with Crippen molar-refractivity contribution in [1.82, 2.24) is 19.9 Å². The fourth-order valence-electron chi connectivity index (χ4n) is 4.15. The van der Waals surface area contributed by atoms with Crippen molar-refractivity contribution in [2.75, 3.05) is 18.4 Å². The molecule has 1 fully saturated rings. The summed E-state index contributed by atoms with van der Waals surface area (Å²) in [5.41, 5.74) is -0.907. The lowest BCUT2D eigenvalue weighted by atomic mass is 9.88. The molecule has 3 heterocycles. The van der Waals surface area contributed by atoms with Gasteiger partial charge in [0.1, 0.15) is 5.82 Å². The molecule has 1 saturated heterocycles. The number of likely N-dealkylation sites (tertiary alicyclic amines) is 1. The summed E-state index contributed by atoms with van der Waals surface area (Å²) in [5, 5.41) is 2.73. The van der Waals surface area contributed by atoms with Gasteiger partial charge in [0.15, 0.2) is 17.3 Å². The van der Waals surface area contributed by atoms with E-state index in [1.165, 1.54) is 19.1 Å². The number of halogens is 6. The normalized spacial score (nSPS) is 19.8. The number of hydrogen-bond donors (Lipinski definition) is 1. The maximum absolute atomic E-state index is 14.5. The maximum atomic E-state index is 14.5. The first-order valence-corrected chi connectivity index (χ1v) is 10.9. The molecule has 0 bridgehead atoms. The summed E-state index contributed by atoms with van der Waals surface area (Å²) < 4.78 is 86.2. The van der Waals surface area contributed by atoms with E-state index in [4.69, 9.17) is 4.42 Å². The number of aromatic nitrogens is 3. The van der Waals surface area contributed by atoms with E-state index in [0.717, 1.165) is 17.0 Å². The zero-order valence-electron chi connectivity index (χ0n) is 19.1. The van der Waals surface area contributed by atoms with Gasteiger partial charge in [0.25, 0.3) is 11.8 Å². The average Bonchev–Trinajstić information content (AvgIpc) is 3.19. The van der Waals surface area contributed by atoms with Crippen LogP contribution in [0.15, 0.2) is 41.1 Å². The number of hydrogen-bond acceptors (Lipinski definition) is 6. The number of carbonyl (C=O) groups excluding carboxylic acids is 1. The molecule has 3 aromatic rings. The van der Waals surface area contributed by atoms with Gasteiger partial charge in [-0.2, -0.15) is 13.2 Å². The summed E-state index contributed by atoms with van der Waals surface area (Å²) in [6.45, 7) is 2.03. The average molecular weight is 513 g/mol. The van der Waals surface area contributed by atoms with Gasteiger partial charge in [-0.25, -0.2) is 28.1 Å². The smallest absolute Gasteiger partial charge is 0.419 e. The Hall–Kier alpha value is -3.64. The molecule has 1 N–H and O–H groups in total. The Morgan fingerprint density at radius 1 is 1.19 bits per heavy atom. The minimum Gasteiger partial charge on any atom is -0.440 e. The topological polar surface area (TPSA) is 84.2 Å². The monoisotopic (exact) mass is 513 g/mol. The van der Waals surface area contributed by atoms with Crippen molar-refractivity contribution in [1.29, 1.82) is 0 Å². The predicted octanol–water partition coefficient (Wildman–Crippen LogP) is 5.20. The van der Waals surface area contributed by atoms with Crippen LogP contribution in [0, 0.1) is 18.7 Å². The second-order valence-electron chi connectivity index (χ2n) is 8.63. The van der Waals surface area contributed by atoms with Crippen LogP contribution in [0.1, 0.15) is 35.3 Å². The highest BCUT2D eigenvalue weighted by atomic mass is 19.4. The molecule has 192 valence electrons. The number of rotatable bonds is 5. The van der Waals surface area contributed by atoms with Gasteiger partial charge in [-0.05, 0) is 30.2 Å². The van der Waals surface area contributed by atoms with E-state index in [2.05, 4.69) is 20.3 Å². The number of carbonyl (C=O) groups is 1. The van der Waals surface area contributed by atoms with Crippen molar-refractivity contribution >= 4 is 11.9 Å². The minimum absolute atomic E-state index is 0.0109. The molecule has 1 aromatic carbocycles. The highest BCUT2D eigenvalue weighted by Crippen LogP contribution is 2.36. The Labute approximate surface area is 201 Å². The molecule has 0 saturated carbocycles. The van der Waals surface area contributed by atoms with Gasteiger partial charge in [-0.1, -0.05) is 6.92 Å². The van der Waals surface area contributed by atoms with Crippen molar-refractivity contribution < 1.29 is 35.6 Å². The van der Waals surface area contributed by atoms with Crippen molar-refractivity contribution in [3.05, 3.63) is 59.6 Å². The number of oxazole rings is 1. The van der Waals surface area contributed by atoms with Gasteiger partial charge in [-0.15, -0.1) is 0 Å². The Bertz CT molecular complexity index is 1230. The zero-order chi connectivity index (χ0) is 26.3. The van der Waals surface area contributed by atoms with Gasteiger partial charge < -0.3 is 14.6 Å². The molecule has 36 heavy (non-hydrogen) atoms. The van der Waals surface area contributed by atoms with Crippen LogP contribution in [0.4, 0.5) is 32.3 Å². The second kappa shape index (κ2) is 9.43. The molecule has 2 atom stereocenters. The number of piperidine rings is 1. The molecule has 4 rings (SSSR count). The third kappa shape index (κ3) is 5.44.